The first kappa shape index (κ1) is 20.1. The number of nitrogens with zero attached hydrogens (tertiary/aromatic N) is 1. The van der Waals surface area contributed by atoms with Crippen molar-refractivity contribution in [3.05, 3.63) is 0 Å². The summed E-state index contributed by atoms with van der Waals surface area (Å²) in [6, 6.07) is -1.08. The molecule has 0 aromatic heterocycles. The van der Waals surface area contributed by atoms with Crippen LogP contribution >= 0.6 is 0 Å². The molecule has 1 heterocycles. The van der Waals surface area contributed by atoms with E-state index in [1.54, 1.807) is 25.7 Å². The van der Waals surface area contributed by atoms with Crippen LogP contribution in [0.15, 0.2) is 0 Å². The lowest BCUT2D eigenvalue weighted by molar-refractivity contribution is -0.143. The highest BCUT2D eigenvalue weighted by Crippen LogP contribution is 2.09. The van der Waals surface area contributed by atoms with Crippen LogP contribution in [0.3, 0.4) is 0 Å². The third-order valence-corrected chi connectivity index (χ3v) is 3.53. The third-order valence-electron chi connectivity index (χ3n) is 3.53. The highest BCUT2D eigenvalue weighted by molar-refractivity contribution is 5.83. The molecule has 1 aliphatic heterocycles. The van der Waals surface area contributed by atoms with Gasteiger partial charge < -0.3 is 25.0 Å². The van der Waals surface area contributed by atoms with Crippen molar-refractivity contribution in [3.8, 4) is 0 Å². The Kier molecular flexibility index (Phi) is 7.81. The quantitative estimate of drug-likeness (QED) is 0.740. The van der Waals surface area contributed by atoms with E-state index in [2.05, 4.69) is 10.6 Å². The standard InChI is InChI=1S/C16H29N3O5/c1-16(2,3)24-15(22)17-9-8-12(13(20)23-4)18-14(21)19-10-6-5-7-11-19/h12H,5-11H2,1-4H3,(H,17,22)(H,18,21)/t12-/m0/s1. The monoisotopic (exact) mass is 343 g/mol. The van der Waals surface area contributed by atoms with E-state index in [0.29, 0.717) is 13.1 Å². The number of alkyl carbamates (subject to hydrolysis) is 1. The van der Waals surface area contributed by atoms with Crippen LogP contribution in [-0.4, -0.2) is 61.4 Å². The summed E-state index contributed by atoms with van der Waals surface area (Å²) < 4.78 is 9.84. The van der Waals surface area contributed by atoms with Gasteiger partial charge in [-0.3, -0.25) is 0 Å². The second-order valence-electron chi connectivity index (χ2n) is 6.79. The Morgan fingerprint density at radius 3 is 2.29 bits per heavy atom. The normalized spacial score (nSPS) is 16.1. The molecule has 1 saturated heterocycles. The van der Waals surface area contributed by atoms with E-state index >= 15 is 0 Å². The molecule has 0 radical (unpaired) electrons. The van der Waals surface area contributed by atoms with Gasteiger partial charge in [0, 0.05) is 19.6 Å². The fourth-order valence-corrected chi connectivity index (χ4v) is 2.36. The first-order valence-electron chi connectivity index (χ1n) is 8.33. The maximum absolute atomic E-state index is 12.2. The van der Waals surface area contributed by atoms with Gasteiger partial charge >= 0.3 is 18.1 Å². The van der Waals surface area contributed by atoms with Gasteiger partial charge in [-0.1, -0.05) is 0 Å². The predicted molar refractivity (Wildman–Crippen MR) is 88.6 cm³/mol. The predicted octanol–water partition coefficient (Wildman–Crippen LogP) is 1.64. The van der Waals surface area contributed by atoms with Crippen molar-refractivity contribution in [1.29, 1.82) is 0 Å². The number of hydrogen-bond donors (Lipinski definition) is 2. The van der Waals surface area contributed by atoms with Crippen molar-refractivity contribution in [2.45, 2.75) is 58.1 Å². The van der Waals surface area contributed by atoms with Crippen LogP contribution in [0.5, 0.6) is 0 Å². The fourth-order valence-electron chi connectivity index (χ4n) is 2.36. The molecule has 138 valence electrons. The van der Waals surface area contributed by atoms with E-state index in [1.807, 2.05) is 0 Å². The molecule has 8 heteroatoms. The summed E-state index contributed by atoms with van der Waals surface area (Å²) in [5.41, 5.74) is -0.589. The zero-order valence-electron chi connectivity index (χ0n) is 15.0. The SMILES string of the molecule is COC(=O)[C@H](CCNC(=O)OC(C)(C)C)NC(=O)N1CCCCC1. The summed E-state index contributed by atoms with van der Waals surface area (Å²) in [6.45, 7) is 6.87. The molecule has 0 bridgehead atoms. The molecular weight excluding hydrogens is 314 g/mol. The topological polar surface area (TPSA) is 97.0 Å². The Morgan fingerprint density at radius 1 is 1.12 bits per heavy atom. The Hall–Kier alpha value is -1.99. The molecule has 0 aliphatic carbocycles. The average molecular weight is 343 g/mol. The molecule has 1 atom stereocenters. The van der Waals surface area contributed by atoms with Crippen molar-refractivity contribution in [2.75, 3.05) is 26.7 Å². The molecule has 2 N–H and O–H groups in total. The maximum atomic E-state index is 12.2. The number of likely N-dealkylation sites (tertiary alicyclic amines) is 1. The highest BCUT2D eigenvalue weighted by atomic mass is 16.6. The lowest BCUT2D eigenvalue weighted by atomic mass is 10.1. The largest absolute Gasteiger partial charge is 0.467 e. The van der Waals surface area contributed by atoms with Crippen molar-refractivity contribution >= 4 is 18.1 Å². The minimum absolute atomic E-state index is 0.189. The minimum Gasteiger partial charge on any atom is -0.467 e. The summed E-state index contributed by atoms with van der Waals surface area (Å²) in [4.78, 5) is 37.3. The second-order valence-corrected chi connectivity index (χ2v) is 6.79. The molecule has 3 amide bonds. The molecule has 0 spiro atoms. The van der Waals surface area contributed by atoms with Crippen LogP contribution in [0.2, 0.25) is 0 Å². The summed E-state index contributed by atoms with van der Waals surface area (Å²) >= 11 is 0. The van der Waals surface area contributed by atoms with E-state index in [0.717, 1.165) is 19.3 Å². The number of methoxy groups -OCH3 is 1. The molecule has 8 nitrogen and oxygen atoms in total. The molecule has 1 fully saturated rings. The van der Waals surface area contributed by atoms with Crippen molar-refractivity contribution in [1.82, 2.24) is 15.5 Å². The molecule has 1 rings (SSSR count). The summed E-state index contributed by atoms with van der Waals surface area (Å²) in [5.74, 6) is -0.536. The Balaban J connectivity index is 2.46. The second kappa shape index (κ2) is 9.34. The number of esters is 1. The lowest BCUT2D eigenvalue weighted by Gasteiger charge is -2.28. The van der Waals surface area contributed by atoms with Crippen LogP contribution in [-0.2, 0) is 14.3 Å². The average Bonchev–Trinajstić information content (AvgIpc) is 2.52. The van der Waals surface area contributed by atoms with Gasteiger partial charge in [0.2, 0.25) is 0 Å². The number of urea groups is 1. The number of piperidine rings is 1. The molecule has 0 aromatic rings. The van der Waals surface area contributed by atoms with E-state index in [9.17, 15) is 14.4 Å². The van der Waals surface area contributed by atoms with Gasteiger partial charge in [-0.05, 0) is 46.5 Å². The molecular formula is C16H29N3O5. The van der Waals surface area contributed by atoms with E-state index in [1.165, 1.54) is 7.11 Å². The van der Waals surface area contributed by atoms with Gasteiger partial charge in [-0.25, -0.2) is 14.4 Å². The van der Waals surface area contributed by atoms with Gasteiger partial charge in [0.25, 0.3) is 0 Å². The highest BCUT2D eigenvalue weighted by Gasteiger charge is 2.25. The van der Waals surface area contributed by atoms with Gasteiger partial charge in [0.15, 0.2) is 0 Å². The van der Waals surface area contributed by atoms with Crippen LogP contribution < -0.4 is 10.6 Å². The Bertz CT molecular complexity index is 441. The van der Waals surface area contributed by atoms with Crippen molar-refractivity contribution in [2.24, 2.45) is 0 Å². The number of ether oxygens (including phenoxy) is 2. The molecule has 0 saturated carbocycles. The molecule has 0 unspecified atom stereocenters. The first-order chi connectivity index (χ1) is 11.2. The van der Waals surface area contributed by atoms with Gasteiger partial charge in [0.05, 0.1) is 7.11 Å². The Morgan fingerprint density at radius 2 is 1.75 bits per heavy atom. The number of carbonyl (C=O) groups excluding carboxylic acids is 3. The number of hydrogen-bond acceptors (Lipinski definition) is 5. The fraction of sp³-hybridized carbons (Fsp3) is 0.812. The summed E-state index contributed by atoms with van der Waals surface area (Å²) in [7, 11) is 1.27. The zero-order valence-corrected chi connectivity index (χ0v) is 15.0. The van der Waals surface area contributed by atoms with E-state index in [4.69, 9.17) is 9.47 Å². The number of rotatable bonds is 5. The van der Waals surface area contributed by atoms with Crippen LogP contribution in [0.4, 0.5) is 9.59 Å². The van der Waals surface area contributed by atoms with E-state index in [-0.39, 0.29) is 19.0 Å². The smallest absolute Gasteiger partial charge is 0.407 e. The number of amides is 3. The van der Waals surface area contributed by atoms with Crippen LogP contribution in [0.25, 0.3) is 0 Å². The van der Waals surface area contributed by atoms with Gasteiger partial charge in [-0.15, -0.1) is 0 Å². The maximum Gasteiger partial charge on any atom is 0.407 e. The van der Waals surface area contributed by atoms with E-state index < -0.39 is 23.7 Å². The molecule has 0 aromatic carbocycles. The van der Waals surface area contributed by atoms with Crippen LogP contribution in [0, 0.1) is 0 Å². The third kappa shape index (κ3) is 7.52. The number of nitrogens with one attached hydrogen (secondary N) is 2. The van der Waals surface area contributed by atoms with Gasteiger partial charge in [0.1, 0.15) is 11.6 Å². The first-order valence-corrected chi connectivity index (χ1v) is 8.33. The Labute approximate surface area is 143 Å². The number of carbonyl (C=O) groups is 3. The van der Waals surface area contributed by atoms with Gasteiger partial charge in [-0.2, -0.15) is 0 Å². The summed E-state index contributed by atoms with van der Waals surface area (Å²) in [6.07, 6.45) is 2.72. The molecule has 1 aliphatic rings. The van der Waals surface area contributed by atoms with Crippen molar-refractivity contribution in [3.63, 3.8) is 0 Å². The molecule has 24 heavy (non-hydrogen) atoms. The summed E-state index contributed by atoms with van der Waals surface area (Å²) in [5, 5.41) is 5.25. The zero-order chi connectivity index (χ0) is 18.2. The minimum atomic E-state index is -0.806. The lowest BCUT2D eigenvalue weighted by Crippen LogP contribution is -2.50. The van der Waals surface area contributed by atoms with Crippen molar-refractivity contribution < 1.29 is 23.9 Å². The van der Waals surface area contributed by atoms with Crippen LogP contribution in [0.1, 0.15) is 46.5 Å².